The average Bonchev–Trinajstić information content (AvgIpc) is 2.27. The maximum atomic E-state index is 11.0. The molecular weight excluding hydrogens is 218 g/mol. The molecule has 0 saturated carbocycles. The number of aromatic nitrogens is 2. The fourth-order valence-corrected chi connectivity index (χ4v) is 1.59. The lowest BCUT2D eigenvalue weighted by Crippen LogP contribution is -2.29. The van der Waals surface area contributed by atoms with Gasteiger partial charge in [0.25, 0.3) is 0 Å². The van der Waals surface area contributed by atoms with Crippen molar-refractivity contribution in [3.05, 3.63) is 17.6 Å². The molecular formula is C12H19N3O2. The van der Waals surface area contributed by atoms with E-state index in [1.54, 1.807) is 6.07 Å². The van der Waals surface area contributed by atoms with Crippen LogP contribution in [0.2, 0.25) is 0 Å². The zero-order valence-electron chi connectivity index (χ0n) is 10.5. The van der Waals surface area contributed by atoms with E-state index < -0.39 is 12.0 Å². The van der Waals surface area contributed by atoms with E-state index in [-0.39, 0.29) is 0 Å². The third kappa shape index (κ3) is 4.01. The number of aliphatic carboxylic acids is 1. The van der Waals surface area contributed by atoms with Gasteiger partial charge in [0.2, 0.25) is 0 Å². The van der Waals surface area contributed by atoms with Gasteiger partial charge in [-0.2, -0.15) is 0 Å². The van der Waals surface area contributed by atoms with Gasteiger partial charge in [-0.1, -0.05) is 20.3 Å². The summed E-state index contributed by atoms with van der Waals surface area (Å²) < 4.78 is 0. The Morgan fingerprint density at radius 1 is 1.47 bits per heavy atom. The molecule has 2 N–H and O–H groups in total. The van der Waals surface area contributed by atoms with Crippen LogP contribution in [0.3, 0.4) is 0 Å². The lowest BCUT2D eigenvalue weighted by atomic mass is 10.1. The van der Waals surface area contributed by atoms with Gasteiger partial charge in [0.1, 0.15) is 17.7 Å². The lowest BCUT2D eigenvalue weighted by molar-refractivity contribution is -0.138. The van der Waals surface area contributed by atoms with Gasteiger partial charge in [-0.15, -0.1) is 0 Å². The standard InChI is InChI=1S/C12H19N3O2/c1-4-6-9(12(16)17)14-11-7-8(3)13-10(5-2)15-11/h7,9H,4-6H2,1-3H3,(H,16,17)(H,13,14,15). The average molecular weight is 237 g/mol. The van der Waals surface area contributed by atoms with Crippen molar-refractivity contribution in [3.63, 3.8) is 0 Å². The van der Waals surface area contributed by atoms with Gasteiger partial charge in [0.15, 0.2) is 0 Å². The molecule has 0 radical (unpaired) electrons. The van der Waals surface area contributed by atoms with Crippen LogP contribution < -0.4 is 5.32 Å². The van der Waals surface area contributed by atoms with Crippen LogP contribution >= 0.6 is 0 Å². The number of anilines is 1. The fourth-order valence-electron chi connectivity index (χ4n) is 1.59. The number of carboxylic acid groups (broad SMARTS) is 1. The maximum Gasteiger partial charge on any atom is 0.326 e. The summed E-state index contributed by atoms with van der Waals surface area (Å²) in [6.45, 7) is 5.81. The van der Waals surface area contributed by atoms with Crippen molar-refractivity contribution in [1.82, 2.24) is 9.97 Å². The van der Waals surface area contributed by atoms with Gasteiger partial charge in [-0.25, -0.2) is 14.8 Å². The number of nitrogens with zero attached hydrogens (tertiary/aromatic N) is 2. The van der Waals surface area contributed by atoms with Crippen LogP contribution in [-0.2, 0) is 11.2 Å². The van der Waals surface area contributed by atoms with E-state index in [1.807, 2.05) is 20.8 Å². The zero-order chi connectivity index (χ0) is 12.8. The minimum atomic E-state index is -0.846. The molecule has 17 heavy (non-hydrogen) atoms. The van der Waals surface area contributed by atoms with E-state index in [9.17, 15) is 4.79 Å². The second-order valence-corrected chi connectivity index (χ2v) is 3.99. The molecule has 1 atom stereocenters. The van der Waals surface area contributed by atoms with Gasteiger partial charge in [-0.3, -0.25) is 0 Å². The Morgan fingerprint density at radius 3 is 2.71 bits per heavy atom. The minimum absolute atomic E-state index is 0.583. The first-order chi connectivity index (χ1) is 8.06. The molecule has 0 bridgehead atoms. The topological polar surface area (TPSA) is 75.1 Å². The van der Waals surface area contributed by atoms with Crippen molar-refractivity contribution in [2.75, 3.05) is 5.32 Å². The van der Waals surface area contributed by atoms with E-state index in [4.69, 9.17) is 5.11 Å². The summed E-state index contributed by atoms with van der Waals surface area (Å²) >= 11 is 0. The number of aryl methyl sites for hydroxylation is 2. The van der Waals surface area contributed by atoms with E-state index in [0.29, 0.717) is 12.2 Å². The Kier molecular flexibility index (Phi) is 4.87. The Balaban J connectivity index is 2.84. The third-order valence-corrected chi connectivity index (χ3v) is 2.41. The van der Waals surface area contributed by atoms with Gasteiger partial charge in [0, 0.05) is 18.2 Å². The summed E-state index contributed by atoms with van der Waals surface area (Å²) in [5.41, 5.74) is 0.847. The quantitative estimate of drug-likeness (QED) is 0.791. The van der Waals surface area contributed by atoms with E-state index in [1.165, 1.54) is 0 Å². The largest absolute Gasteiger partial charge is 0.480 e. The molecule has 94 valence electrons. The highest BCUT2D eigenvalue weighted by Gasteiger charge is 2.16. The Labute approximate surface area is 101 Å². The molecule has 0 aliphatic carbocycles. The predicted molar refractivity (Wildman–Crippen MR) is 66.1 cm³/mol. The molecule has 0 aliphatic rings. The zero-order valence-corrected chi connectivity index (χ0v) is 10.5. The minimum Gasteiger partial charge on any atom is -0.480 e. The Bertz CT molecular complexity index is 393. The molecule has 0 fully saturated rings. The van der Waals surface area contributed by atoms with Gasteiger partial charge in [-0.05, 0) is 13.3 Å². The highest BCUT2D eigenvalue weighted by molar-refractivity contribution is 5.76. The number of nitrogens with one attached hydrogen (secondary N) is 1. The molecule has 1 aromatic heterocycles. The van der Waals surface area contributed by atoms with Gasteiger partial charge in [0.05, 0.1) is 0 Å². The second kappa shape index (κ2) is 6.18. The Morgan fingerprint density at radius 2 is 2.18 bits per heavy atom. The van der Waals surface area contributed by atoms with E-state index in [2.05, 4.69) is 15.3 Å². The first-order valence-corrected chi connectivity index (χ1v) is 5.90. The smallest absolute Gasteiger partial charge is 0.326 e. The molecule has 1 rings (SSSR count). The molecule has 1 unspecified atom stereocenters. The number of hydrogen-bond donors (Lipinski definition) is 2. The molecule has 0 aliphatic heterocycles. The summed E-state index contributed by atoms with van der Waals surface area (Å²) in [5.74, 6) is 0.476. The second-order valence-electron chi connectivity index (χ2n) is 3.99. The van der Waals surface area contributed by atoms with Crippen molar-refractivity contribution in [1.29, 1.82) is 0 Å². The number of carboxylic acids is 1. The molecule has 5 heteroatoms. The summed E-state index contributed by atoms with van der Waals surface area (Å²) in [4.78, 5) is 19.6. The van der Waals surface area contributed by atoms with Crippen LogP contribution in [0.4, 0.5) is 5.82 Å². The van der Waals surface area contributed by atoms with Crippen molar-refractivity contribution >= 4 is 11.8 Å². The van der Waals surface area contributed by atoms with Crippen molar-refractivity contribution in [3.8, 4) is 0 Å². The van der Waals surface area contributed by atoms with E-state index in [0.717, 1.165) is 24.4 Å². The highest BCUT2D eigenvalue weighted by Crippen LogP contribution is 2.10. The van der Waals surface area contributed by atoms with Crippen molar-refractivity contribution in [2.45, 2.75) is 46.1 Å². The van der Waals surface area contributed by atoms with Crippen molar-refractivity contribution in [2.24, 2.45) is 0 Å². The maximum absolute atomic E-state index is 11.0. The number of hydrogen-bond acceptors (Lipinski definition) is 4. The summed E-state index contributed by atoms with van der Waals surface area (Å²) in [7, 11) is 0. The van der Waals surface area contributed by atoms with Crippen LogP contribution in [0.1, 0.15) is 38.2 Å². The highest BCUT2D eigenvalue weighted by atomic mass is 16.4. The monoisotopic (exact) mass is 237 g/mol. The summed E-state index contributed by atoms with van der Waals surface area (Å²) in [6, 6.07) is 1.18. The fraction of sp³-hybridized carbons (Fsp3) is 0.583. The summed E-state index contributed by atoms with van der Waals surface area (Å²) in [5, 5.41) is 12.0. The third-order valence-electron chi connectivity index (χ3n) is 2.41. The molecule has 0 spiro atoms. The lowest BCUT2D eigenvalue weighted by Gasteiger charge is -2.14. The predicted octanol–water partition coefficient (Wildman–Crippen LogP) is 2.01. The molecule has 1 aromatic rings. The molecule has 0 saturated heterocycles. The number of carbonyl (C=O) groups is 1. The first-order valence-electron chi connectivity index (χ1n) is 5.90. The van der Waals surface area contributed by atoms with Gasteiger partial charge >= 0.3 is 5.97 Å². The first kappa shape index (κ1) is 13.4. The van der Waals surface area contributed by atoms with Crippen LogP contribution in [0.5, 0.6) is 0 Å². The molecule has 0 amide bonds. The van der Waals surface area contributed by atoms with Crippen molar-refractivity contribution < 1.29 is 9.90 Å². The van der Waals surface area contributed by atoms with Gasteiger partial charge < -0.3 is 10.4 Å². The van der Waals surface area contributed by atoms with Crippen LogP contribution in [0.15, 0.2) is 6.07 Å². The number of rotatable bonds is 6. The molecule has 0 aromatic carbocycles. The normalized spacial score (nSPS) is 12.2. The van der Waals surface area contributed by atoms with Crippen LogP contribution in [-0.4, -0.2) is 27.1 Å². The SMILES string of the molecule is CCCC(Nc1cc(C)nc(CC)n1)C(=O)O. The molecule has 1 heterocycles. The van der Waals surface area contributed by atoms with Crippen LogP contribution in [0, 0.1) is 6.92 Å². The summed E-state index contributed by atoms with van der Waals surface area (Å²) in [6.07, 6.45) is 2.14. The van der Waals surface area contributed by atoms with E-state index >= 15 is 0 Å². The van der Waals surface area contributed by atoms with Crippen LogP contribution in [0.25, 0.3) is 0 Å². The Hall–Kier alpha value is -1.65. The molecule has 5 nitrogen and oxygen atoms in total.